The molecule has 2 fully saturated rings. The van der Waals surface area contributed by atoms with Crippen molar-refractivity contribution < 1.29 is 18.7 Å². The van der Waals surface area contributed by atoms with Gasteiger partial charge >= 0.3 is 0 Å². The number of carbonyl (C=O) groups is 2. The minimum absolute atomic E-state index is 0.0365. The van der Waals surface area contributed by atoms with Gasteiger partial charge in [0.15, 0.2) is 0 Å². The highest BCUT2D eigenvalue weighted by Crippen LogP contribution is 2.51. The summed E-state index contributed by atoms with van der Waals surface area (Å²) >= 11 is 0. The van der Waals surface area contributed by atoms with E-state index in [1.165, 1.54) is 4.68 Å². The van der Waals surface area contributed by atoms with Crippen molar-refractivity contribution in [2.24, 2.45) is 24.8 Å². The Bertz CT molecular complexity index is 1440. The molecule has 1 atom stereocenters. The molecular formula is C30H42FN7O3S. The molecule has 2 aliphatic rings. The molecule has 12 heteroatoms. The first-order valence-electron chi connectivity index (χ1n) is 14.5. The van der Waals surface area contributed by atoms with Gasteiger partial charge in [-0.25, -0.2) is 19.7 Å². The summed E-state index contributed by atoms with van der Waals surface area (Å²) in [6, 6.07) is 4.08. The van der Waals surface area contributed by atoms with Crippen molar-refractivity contribution in [1.82, 2.24) is 29.9 Å². The fraction of sp³-hybridized carbons (Fsp3) is 0.567. The minimum atomic E-state index is -0.750. The van der Waals surface area contributed by atoms with E-state index < -0.39 is 22.0 Å². The van der Waals surface area contributed by atoms with Gasteiger partial charge in [-0.05, 0) is 94.3 Å². The maximum absolute atomic E-state index is 15.5. The molecule has 0 aromatic carbocycles. The van der Waals surface area contributed by atoms with Gasteiger partial charge in [0.1, 0.15) is 24.3 Å². The molecule has 42 heavy (non-hydrogen) atoms. The number of hydrogen-bond acceptors (Lipinski definition) is 6. The molecule has 3 heterocycles. The molecule has 228 valence electrons. The Balaban J connectivity index is 1.31. The summed E-state index contributed by atoms with van der Waals surface area (Å²) in [7, 11) is 1.04. The summed E-state index contributed by atoms with van der Waals surface area (Å²) in [6.07, 6.45) is 12.5. The number of pyridine rings is 1. The first kappa shape index (κ1) is 30.2. The van der Waals surface area contributed by atoms with Gasteiger partial charge < -0.3 is 15.4 Å². The van der Waals surface area contributed by atoms with Crippen molar-refractivity contribution in [3.8, 4) is 11.1 Å². The van der Waals surface area contributed by atoms with Crippen LogP contribution in [-0.4, -0.2) is 73.5 Å². The van der Waals surface area contributed by atoms with Gasteiger partial charge in [-0.2, -0.15) is 14.6 Å². The Hall–Kier alpha value is -3.25. The van der Waals surface area contributed by atoms with Crippen molar-refractivity contribution in [1.29, 1.82) is 0 Å². The largest absolute Gasteiger partial charge is 0.358 e. The molecule has 1 unspecified atom stereocenters. The molecule has 0 saturated heterocycles. The standard InChI is InChI=1S/C30H42FN7O3S/c1-18-25(19(2)38(36-18)17-41-15-16-42(4,5)6)22-11-12-24(33-28(22)31)34-30(40)27(26(20-7-8-20)21-9-10-21)35-29(39)23-13-14-32-37(23)3/h11-14,20-21,26-27H,7-10,15-17H2,1-6H3,(H,35,39)(H,33,34,40). The fourth-order valence-corrected chi connectivity index (χ4v) is 6.22. The van der Waals surface area contributed by atoms with Crippen LogP contribution in [0.5, 0.6) is 0 Å². The third-order valence-electron chi connectivity index (χ3n) is 8.14. The smallest absolute Gasteiger partial charge is 0.270 e. The van der Waals surface area contributed by atoms with Crippen molar-refractivity contribution in [2.75, 3.05) is 36.4 Å². The van der Waals surface area contributed by atoms with Crippen LogP contribution in [-0.2, 0) is 23.3 Å². The number of halogens is 1. The zero-order valence-electron chi connectivity index (χ0n) is 25.3. The molecule has 0 spiro atoms. The van der Waals surface area contributed by atoms with Crippen LogP contribution in [0.25, 0.3) is 11.1 Å². The van der Waals surface area contributed by atoms with E-state index in [2.05, 4.69) is 44.6 Å². The third kappa shape index (κ3) is 7.03. The van der Waals surface area contributed by atoms with Crippen LogP contribution in [0.3, 0.4) is 0 Å². The number of ether oxygens (including phenoxy) is 1. The SMILES string of the molecule is Cc1nn(COCCS(C)(C)C)c(C)c1-c1ccc(NC(=O)C(NC(=O)c2ccnn2C)C(C2CC2)C2CC2)nc1F. The summed E-state index contributed by atoms with van der Waals surface area (Å²) in [5.41, 5.74) is 2.79. The predicted octanol–water partition coefficient (Wildman–Crippen LogP) is 4.28. The van der Waals surface area contributed by atoms with E-state index in [4.69, 9.17) is 4.74 Å². The lowest BCUT2D eigenvalue weighted by Crippen LogP contribution is -2.50. The van der Waals surface area contributed by atoms with E-state index in [1.807, 2.05) is 13.8 Å². The average Bonchev–Trinajstić information content (AvgIpc) is 3.85. The Morgan fingerprint density at radius 3 is 2.38 bits per heavy atom. The van der Waals surface area contributed by atoms with E-state index in [-0.39, 0.29) is 23.6 Å². The second-order valence-electron chi connectivity index (χ2n) is 12.4. The third-order valence-corrected chi connectivity index (χ3v) is 9.54. The lowest BCUT2D eigenvalue weighted by Gasteiger charge is -2.27. The first-order valence-corrected chi connectivity index (χ1v) is 17.5. The lowest BCUT2D eigenvalue weighted by molar-refractivity contribution is -0.119. The van der Waals surface area contributed by atoms with Gasteiger partial charge in [0.25, 0.3) is 5.91 Å². The minimum Gasteiger partial charge on any atom is -0.358 e. The first-order chi connectivity index (χ1) is 19.9. The summed E-state index contributed by atoms with van der Waals surface area (Å²) in [4.78, 5) is 30.8. The number of nitrogens with zero attached hydrogens (tertiary/aromatic N) is 5. The Labute approximate surface area is 248 Å². The quantitative estimate of drug-likeness (QED) is 0.224. The molecule has 2 aliphatic carbocycles. The highest BCUT2D eigenvalue weighted by Gasteiger charge is 2.48. The lowest BCUT2D eigenvalue weighted by atomic mass is 9.88. The maximum atomic E-state index is 15.5. The topological polar surface area (TPSA) is 116 Å². The van der Waals surface area contributed by atoms with Crippen molar-refractivity contribution in [3.05, 3.63) is 47.4 Å². The highest BCUT2D eigenvalue weighted by atomic mass is 32.3. The van der Waals surface area contributed by atoms with Gasteiger partial charge in [-0.15, -0.1) is 0 Å². The van der Waals surface area contributed by atoms with Crippen molar-refractivity contribution in [3.63, 3.8) is 0 Å². The van der Waals surface area contributed by atoms with Crippen LogP contribution < -0.4 is 10.6 Å². The monoisotopic (exact) mass is 599 g/mol. The van der Waals surface area contributed by atoms with E-state index in [1.54, 1.807) is 36.1 Å². The Kier molecular flexibility index (Phi) is 8.75. The molecule has 3 aromatic rings. The Morgan fingerprint density at radius 1 is 1.12 bits per heavy atom. The van der Waals surface area contributed by atoms with Crippen molar-refractivity contribution in [2.45, 2.75) is 52.3 Å². The van der Waals surface area contributed by atoms with E-state index >= 15 is 4.39 Å². The second-order valence-corrected chi connectivity index (χ2v) is 17.0. The van der Waals surface area contributed by atoms with Gasteiger partial charge in [0.2, 0.25) is 11.9 Å². The molecule has 3 aromatic heterocycles. The van der Waals surface area contributed by atoms with Crippen LogP contribution >= 0.6 is 10.0 Å². The number of aryl methyl sites for hydroxylation is 2. The van der Waals surface area contributed by atoms with Crippen LogP contribution in [0.4, 0.5) is 10.2 Å². The molecule has 2 N–H and O–H groups in total. The molecule has 0 radical (unpaired) electrons. The van der Waals surface area contributed by atoms with Gasteiger partial charge in [-0.1, -0.05) is 0 Å². The zero-order valence-corrected chi connectivity index (χ0v) is 26.1. The van der Waals surface area contributed by atoms with E-state index in [0.717, 1.165) is 37.1 Å². The number of hydrogen-bond donors (Lipinski definition) is 2. The summed E-state index contributed by atoms with van der Waals surface area (Å²) in [6.45, 7) is 4.65. The molecular weight excluding hydrogens is 557 g/mol. The number of aromatic nitrogens is 5. The molecule has 2 saturated carbocycles. The van der Waals surface area contributed by atoms with Crippen LogP contribution in [0, 0.1) is 37.5 Å². The van der Waals surface area contributed by atoms with Crippen LogP contribution in [0.2, 0.25) is 0 Å². The molecule has 10 nitrogen and oxygen atoms in total. The Morgan fingerprint density at radius 2 is 1.81 bits per heavy atom. The molecule has 2 amide bonds. The highest BCUT2D eigenvalue weighted by molar-refractivity contribution is 8.32. The maximum Gasteiger partial charge on any atom is 0.270 e. The number of carbonyl (C=O) groups excluding carboxylic acids is 2. The van der Waals surface area contributed by atoms with Gasteiger partial charge in [-0.3, -0.25) is 14.3 Å². The fourth-order valence-electron chi connectivity index (χ4n) is 5.61. The van der Waals surface area contributed by atoms with E-state index in [0.29, 0.717) is 47.7 Å². The number of rotatable bonds is 13. The number of nitrogens with one attached hydrogen (secondary N) is 2. The summed E-state index contributed by atoms with van der Waals surface area (Å²) in [5.74, 6) is 0.484. The average molecular weight is 600 g/mol. The number of anilines is 1. The second kappa shape index (κ2) is 12.2. The van der Waals surface area contributed by atoms with Crippen LogP contribution in [0.15, 0.2) is 24.4 Å². The van der Waals surface area contributed by atoms with Gasteiger partial charge in [0.05, 0.1) is 12.3 Å². The number of amides is 2. The zero-order chi connectivity index (χ0) is 30.2. The normalized spacial score (nSPS) is 16.5. The summed E-state index contributed by atoms with van der Waals surface area (Å²) in [5, 5.41) is 14.4. The van der Waals surface area contributed by atoms with Crippen molar-refractivity contribution >= 4 is 27.7 Å². The predicted molar refractivity (Wildman–Crippen MR) is 163 cm³/mol. The van der Waals surface area contributed by atoms with Crippen LogP contribution in [0.1, 0.15) is 47.6 Å². The van der Waals surface area contributed by atoms with E-state index in [9.17, 15) is 9.59 Å². The molecule has 5 rings (SSSR count). The molecule has 0 bridgehead atoms. The van der Waals surface area contributed by atoms with Gasteiger partial charge in [0, 0.05) is 35.8 Å². The molecule has 0 aliphatic heterocycles. The summed E-state index contributed by atoms with van der Waals surface area (Å²) < 4.78 is 24.5.